The van der Waals surface area contributed by atoms with Gasteiger partial charge in [-0.25, -0.2) is 4.79 Å². The van der Waals surface area contributed by atoms with Crippen LogP contribution >= 0.6 is 11.3 Å². The number of morpholine rings is 1. The molecule has 0 N–H and O–H groups in total. The number of amides is 1. The second kappa shape index (κ2) is 7.53. The molecule has 0 spiro atoms. The maximum absolute atomic E-state index is 12.2. The zero-order valence-electron chi connectivity index (χ0n) is 14.6. The molecule has 1 amide bonds. The van der Waals surface area contributed by atoms with Crippen molar-refractivity contribution in [2.24, 2.45) is 0 Å². The zero-order chi connectivity index (χ0) is 17.2. The van der Waals surface area contributed by atoms with Crippen LogP contribution in [0.3, 0.4) is 0 Å². The Morgan fingerprint density at radius 2 is 2.00 bits per heavy atom. The quantitative estimate of drug-likeness (QED) is 0.728. The lowest BCUT2D eigenvalue weighted by Gasteiger charge is -2.28. The first-order valence-corrected chi connectivity index (χ1v) is 9.79. The van der Waals surface area contributed by atoms with Gasteiger partial charge in [-0.2, -0.15) is 0 Å². The molecule has 0 radical (unpaired) electrons. The molecule has 8 nitrogen and oxygen atoms in total. The van der Waals surface area contributed by atoms with Gasteiger partial charge < -0.3 is 14.4 Å². The van der Waals surface area contributed by atoms with Crippen molar-refractivity contribution in [1.82, 2.24) is 24.9 Å². The van der Waals surface area contributed by atoms with Crippen LogP contribution in [0.1, 0.15) is 16.4 Å². The van der Waals surface area contributed by atoms with E-state index in [0.29, 0.717) is 0 Å². The normalized spacial score (nSPS) is 27.7. The highest BCUT2D eigenvalue weighted by Crippen LogP contribution is 2.28. The fourth-order valence-corrected chi connectivity index (χ4v) is 4.60. The molecule has 0 saturated carbocycles. The Balaban J connectivity index is 1.27. The van der Waals surface area contributed by atoms with Crippen molar-refractivity contribution in [3.8, 4) is 0 Å². The van der Waals surface area contributed by atoms with Crippen molar-refractivity contribution in [3.05, 3.63) is 10.0 Å². The summed E-state index contributed by atoms with van der Waals surface area (Å²) in [6.45, 7) is 9.79. The summed E-state index contributed by atoms with van der Waals surface area (Å²) in [5.74, 6) is 0. The van der Waals surface area contributed by atoms with Crippen LogP contribution in [0, 0.1) is 6.92 Å². The summed E-state index contributed by atoms with van der Waals surface area (Å²) in [7, 11) is 0. The van der Waals surface area contributed by atoms with Crippen molar-refractivity contribution >= 4 is 17.4 Å². The van der Waals surface area contributed by atoms with Crippen LogP contribution in [0.2, 0.25) is 0 Å². The van der Waals surface area contributed by atoms with Gasteiger partial charge in [0.1, 0.15) is 16.1 Å². The summed E-state index contributed by atoms with van der Waals surface area (Å²) in [6, 6.07) is 0.172. The van der Waals surface area contributed by atoms with Crippen LogP contribution in [0.25, 0.3) is 0 Å². The monoisotopic (exact) mass is 367 g/mol. The molecule has 25 heavy (non-hydrogen) atoms. The molecule has 3 saturated heterocycles. The highest BCUT2D eigenvalue weighted by molar-refractivity contribution is 7.11. The number of hydrogen-bond acceptors (Lipinski definition) is 8. The lowest BCUT2D eigenvalue weighted by molar-refractivity contribution is 0.0362. The standard InChI is InChI=1S/C16H25N5O3S/c1-12-17-18-15(25-12)11-20-9-13-14(10-20)24-16(22)21(13)4-2-3-19-5-7-23-8-6-19/h13-14H,2-11H2,1H3/t13-,14+/m1/s1. The minimum Gasteiger partial charge on any atom is -0.442 e. The third-order valence-electron chi connectivity index (χ3n) is 5.10. The molecular formula is C16H25N5O3S. The Morgan fingerprint density at radius 3 is 2.76 bits per heavy atom. The number of ether oxygens (including phenoxy) is 2. The lowest BCUT2D eigenvalue weighted by Crippen LogP contribution is -2.41. The minimum atomic E-state index is -0.150. The van der Waals surface area contributed by atoms with Gasteiger partial charge in [0, 0.05) is 39.3 Å². The van der Waals surface area contributed by atoms with Gasteiger partial charge in [-0.05, 0) is 13.3 Å². The molecule has 2 atom stereocenters. The summed E-state index contributed by atoms with van der Waals surface area (Å²) in [6.07, 6.45) is 0.821. The molecule has 3 fully saturated rings. The van der Waals surface area contributed by atoms with Gasteiger partial charge in [-0.1, -0.05) is 0 Å². The molecule has 138 valence electrons. The first kappa shape index (κ1) is 17.1. The van der Waals surface area contributed by atoms with Crippen LogP contribution < -0.4 is 0 Å². The third kappa shape index (κ3) is 3.94. The Hall–Kier alpha value is -1.29. The number of nitrogens with zero attached hydrogens (tertiary/aromatic N) is 5. The van der Waals surface area contributed by atoms with Gasteiger partial charge in [0.25, 0.3) is 0 Å². The molecule has 0 unspecified atom stereocenters. The number of hydrogen-bond donors (Lipinski definition) is 0. The highest BCUT2D eigenvalue weighted by Gasteiger charge is 2.47. The van der Waals surface area contributed by atoms with Crippen LogP contribution in [0.4, 0.5) is 4.79 Å². The van der Waals surface area contributed by atoms with E-state index in [-0.39, 0.29) is 18.2 Å². The summed E-state index contributed by atoms with van der Waals surface area (Å²) in [5.41, 5.74) is 0. The van der Waals surface area contributed by atoms with E-state index in [2.05, 4.69) is 20.0 Å². The molecule has 1 aromatic heterocycles. The molecule has 3 aliphatic heterocycles. The summed E-state index contributed by atoms with van der Waals surface area (Å²) >= 11 is 1.63. The number of carbonyl (C=O) groups excluding carboxylic acids is 1. The Kier molecular flexibility index (Phi) is 5.16. The van der Waals surface area contributed by atoms with Crippen molar-refractivity contribution in [1.29, 1.82) is 0 Å². The Morgan fingerprint density at radius 1 is 1.16 bits per heavy atom. The van der Waals surface area contributed by atoms with E-state index in [4.69, 9.17) is 9.47 Å². The van der Waals surface area contributed by atoms with Crippen LogP contribution in [-0.4, -0.2) is 95.6 Å². The first-order valence-electron chi connectivity index (χ1n) is 8.98. The third-order valence-corrected chi connectivity index (χ3v) is 5.93. The minimum absolute atomic E-state index is 0.00935. The molecule has 1 aromatic rings. The number of likely N-dealkylation sites (tertiary alicyclic amines) is 1. The van der Waals surface area contributed by atoms with Gasteiger partial charge >= 0.3 is 6.09 Å². The van der Waals surface area contributed by atoms with E-state index in [0.717, 1.165) is 75.5 Å². The fourth-order valence-electron chi connectivity index (χ4n) is 3.85. The predicted octanol–water partition coefficient (Wildman–Crippen LogP) is 0.574. The predicted molar refractivity (Wildman–Crippen MR) is 92.6 cm³/mol. The average molecular weight is 367 g/mol. The number of aryl methyl sites for hydroxylation is 1. The molecule has 3 aliphatic rings. The van der Waals surface area contributed by atoms with Crippen molar-refractivity contribution in [2.75, 3.05) is 52.5 Å². The highest BCUT2D eigenvalue weighted by atomic mass is 32.1. The second-order valence-corrected chi connectivity index (χ2v) is 8.17. The van der Waals surface area contributed by atoms with Crippen LogP contribution in [-0.2, 0) is 16.0 Å². The largest absolute Gasteiger partial charge is 0.442 e. The smallest absolute Gasteiger partial charge is 0.410 e. The van der Waals surface area contributed by atoms with Crippen LogP contribution in [0.5, 0.6) is 0 Å². The number of fused-ring (bicyclic) bond motifs is 1. The van der Waals surface area contributed by atoms with E-state index in [9.17, 15) is 4.79 Å². The Labute approximate surface area is 151 Å². The van der Waals surface area contributed by atoms with E-state index in [1.165, 1.54) is 0 Å². The van der Waals surface area contributed by atoms with Crippen LogP contribution in [0.15, 0.2) is 0 Å². The van der Waals surface area contributed by atoms with Gasteiger partial charge in [-0.15, -0.1) is 21.5 Å². The van der Waals surface area contributed by atoms with Gasteiger partial charge in [0.15, 0.2) is 0 Å². The summed E-state index contributed by atoms with van der Waals surface area (Å²) < 4.78 is 11.0. The van der Waals surface area contributed by atoms with E-state index in [1.54, 1.807) is 11.3 Å². The van der Waals surface area contributed by atoms with Gasteiger partial charge in [0.2, 0.25) is 0 Å². The van der Waals surface area contributed by atoms with Crippen molar-refractivity contribution in [3.63, 3.8) is 0 Å². The maximum atomic E-state index is 12.2. The topological polar surface area (TPSA) is 71.0 Å². The second-order valence-electron chi connectivity index (χ2n) is 6.90. The lowest BCUT2D eigenvalue weighted by atomic mass is 10.2. The van der Waals surface area contributed by atoms with E-state index >= 15 is 0 Å². The molecule has 0 aromatic carbocycles. The van der Waals surface area contributed by atoms with Crippen molar-refractivity contribution in [2.45, 2.75) is 32.0 Å². The Bertz CT molecular complexity index is 606. The van der Waals surface area contributed by atoms with E-state index < -0.39 is 0 Å². The maximum Gasteiger partial charge on any atom is 0.410 e. The molecule has 0 aliphatic carbocycles. The van der Waals surface area contributed by atoms with E-state index in [1.807, 2.05) is 11.8 Å². The van der Waals surface area contributed by atoms with Gasteiger partial charge in [-0.3, -0.25) is 9.80 Å². The number of carbonyl (C=O) groups is 1. The number of rotatable bonds is 6. The SMILES string of the molecule is Cc1nnc(CN2C[C@@H]3OC(=O)N(CCCN4CCOCC4)[C@@H]3C2)s1. The van der Waals surface area contributed by atoms with Crippen molar-refractivity contribution < 1.29 is 14.3 Å². The summed E-state index contributed by atoms with van der Waals surface area (Å²) in [4.78, 5) is 18.8. The first-order chi connectivity index (χ1) is 12.2. The fraction of sp³-hybridized carbons (Fsp3) is 0.812. The molecule has 0 bridgehead atoms. The molecule has 9 heteroatoms. The van der Waals surface area contributed by atoms with Gasteiger partial charge in [0.05, 0.1) is 25.8 Å². The molecular weight excluding hydrogens is 342 g/mol. The zero-order valence-corrected chi connectivity index (χ0v) is 15.4. The molecule has 4 rings (SSSR count). The number of aromatic nitrogens is 2. The summed E-state index contributed by atoms with van der Waals surface area (Å²) in [5, 5.41) is 10.3. The average Bonchev–Trinajstić information content (AvgIpc) is 3.25. The molecule has 4 heterocycles.